The Morgan fingerprint density at radius 2 is 1.89 bits per heavy atom. The van der Waals surface area contributed by atoms with E-state index in [1.165, 1.54) is 58.2 Å². The van der Waals surface area contributed by atoms with Crippen LogP contribution < -0.4 is 5.32 Å². The van der Waals surface area contributed by atoms with Gasteiger partial charge in [0.05, 0.1) is 6.10 Å². The van der Waals surface area contributed by atoms with Crippen molar-refractivity contribution in [1.29, 1.82) is 0 Å². The number of hydrogen-bond acceptors (Lipinski definition) is 3. The summed E-state index contributed by atoms with van der Waals surface area (Å²) in [5.74, 6) is 0. The summed E-state index contributed by atoms with van der Waals surface area (Å²) in [6.07, 6.45) is 8.19. The Labute approximate surface area is 119 Å². The maximum absolute atomic E-state index is 5.97. The second kappa shape index (κ2) is 7.61. The van der Waals surface area contributed by atoms with Crippen molar-refractivity contribution in [3.8, 4) is 0 Å². The van der Waals surface area contributed by atoms with Crippen LogP contribution in [-0.2, 0) is 4.74 Å². The zero-order valence-corrected chi connectivity index (χ0v) is 12.9. The first kappa shape index (κ1) is 15.3. The molecule has 0 atom stereocenters. The molecule has 112 valence electrons. The SMILES string of the molecule is CCC1(C)CCN(CCCOC2CCNCC2)CC1. The summed E-state index contributed by atoms with van der Waals surface area (Å²) in [5.41, 5.74) is 0.613. The first-order valence-corrected chi connectivity index (χ1v) is 8.26. The maximum Gasteiger partial charge on any atom is 0.0599 e. The molecule has 0 aromatic carbocycles. The lowest BCUT2D eigenvalue weighted by Crippen LogP contribution is -2.39. The molecule has 0 aromatic rings. The third-order valence-corrected chi connectivity index (χ3v) is 5.18. The van der Waals surface area contributed by atoms with E-state index in [4.69, 9.17) is 4.74 Å². The average Bonchev–Trinajstić information content (AvgIpc) is 2.47. The van der Waals surface area contributed by atoms with Crippen molar-refractivity contribution in [3.05, 3.63) is 0 Å². The average molecular weight is 268 g/mol. The Morgan fingerprint density at radius 1 is 1.21 bits per heavy atom. The molecule has 19 heavy (non-hydrogen) atoms. The minimum Gasteiger partial charge on any atom is -0.378 e. The van der Waals surface area contributed by atoms with Crippen LogP contribution in [0, 0.1) is 5.41 Å². The van der Waals surface area contributed by atoms with Crippen LogP contribution in [0.3, 0.4) is 0 Å². The van der Waals surface area contributed by atoms with Crippen molar-refractivity contribution in [1.82, 2.24) is 10.2 Å². The molecule has 1 N–H and O–H groups in total. The molecule has 0 saturated carbocycles. The molecular formula is C16H32N2O. The molecule has 0 aliphatic carbocycles. The lowest BCUT2D eigenvalue weighted by molar-refractivity contribution is 0.0242. The highest BCUT2D eigenvalue weighted by Crippen LogP contribution is 2.33. The molecule has 0 unspecified atom stereocenters. The van der Waals surface area contributed by atoms with E-state index < -0.39 is 0 Å². The smallest absolute Gasteiger partial charge is 0.0599 e. The highest BCUT2D eigenvalue weighted by Gasteiger charge is 2.27. The molecule has 2 rings (SSSR count). The molecule has 0 bridgehead atoms. The van der Waals surface area contributed by atoms with E-state index in [1.54, 1.807) is 0 Å². The van der Waals surface area contributed by atoms with Crippen LogP contribution in [0.1, 0.15) is 52.4 Å². The van der Waals surface area contributed by atoms with Crippen molar-refractivity contribution < 1.29 is 4.74 Å². The van der Waals surface area contributed by atoms with E-state index in [-0.39, 0.29) is 0 Å². The predicted octanol–water partition coefficient (Wildman–Crippen LogP) is 2.66. The minimum atomic E-state index is 0.519. The summed E-state index contributed by atoms with van der Waals surface area (Å²) in [4.78, 5) is 2.63. The number of piperidine rings is 2. The van der Waals surface area contributed by atoms with Gasteiger partial charge in [-0.25, -0.2) is 0 Å². The molecule has 0 amide bonds. The van der Waals surface area contributed by atoms with Crippen LogP contribution in [0.2, 0.25) is 0 Å². The number of nitrogens with one attached hydrogen (secondary N) is 1. The van der Waals surface area contributed by atoms with Crippen molar-refractivity contribution >= 4 is 0 Å². The standard InChI is InChI=1S/C16H32N2O/c1-3-16(2)7-12-18(13-8-16)11-4-14-19-15-5-9-17-10-6-15/h15,17H,3-14H2,1-2H3. The summed E-state index contributed by atoms with van der Waals surface area (Å²) >= 11 is 0. The van der Waals surface area contributed by atoms with Crippen LogP contribution in [0.4, 0.5) is 0 Å². The maximum atomic E-state index is 5.97. The third-order valence-electron chi connectivity index (χ3n) is 5.18. The van der Waals surface area contributed by atoms with Crippen molar-refractivity contribution in [3.63, 3.8) is 0 Å². The molecule has 2 fully saturated rings. The van der Waals surface area contributed by atoms with Crippen molar-refractivity contribution in [2.45, 2.75) is 58.5 Å². The lowest BCUT2D eigenvalue weighted by Gasteiger charge is -2.39. The van der Waals surface area contributed by atoms with E-state index in [2.05, 4.69) is 24.1 Å². The van der Waals surface area contributed by atoms with Crippen LogP contribution in [0.5, 0.6) is 0 Å². The summed E-state index contributed by atoms with van der Waals surface area (Å²) in [6, 6.07) is 0. The van der Waals surface area contributed by atoms with Gasteiger partial charge in [0.1, 0.15) is 0 Å². The molecule has 2 aliphatic heterocycles. The summed E-state index contributed by atoms with van der Waals surface area (Å²) < 4.78 is 5.97. The number of ether oxygens (including phenoxy) is 1. The normalized spacial score (nSPS) is 25.6. The first-order chi connectivity index (χ1) is 9.22. The Balaban J connectivity index is 1.52. The van der Waals surface area contributed by atoms with E-state index in [9.17, 15) is 0 Å². The first-order valence-electron chi connectivity index (χ1n) is 8.26. The topological polar surface area (TPSA) is 24.5 Å². The second-order valence-electron chi connectivity index (χ2n) is 6.68. The lowest BCUT2D eigenvalue weighted by atomic mass is 9.78. The zero-order chi connectivity index (χ0) is 13.6. The van der Waals surface area contributed by atoms with Gasteiger partial charge in [-0.1, -0.05) is 20.3 Å². The monoisotopic (exact) mass is 268 g/mol. The molecule has 3 heteroatoms. The summed E-state index contributed by atoms with van der Waals surface area (Å²) in [7, 11) is 0. The molecule has 3 nitrogen and oxygen atoms in total. The molecule has 2 heterocycles. The molecule has 0 aromatic heterocycles. The molecular weight excluding hydrogens is 236 g/mol. The van der Waals surface area contributed by atoms with Gasteiger partial charge in [-0.3, -0.25) is 0 Å². The van der Waals surface area contributed by atoms with Gasteiger partial charge in [-0.2, -0.15) is 0 Å². The Bertz CT molecular complexity index is 243. The van der Waals surface area contributed by atoms with E-state index in [0.717, 1.165) is 19.7 Å². The third kappa shape index (κ3) is 5.05. The quantitative estimate of drug-likeness (QED) is 0.750. The van der Waals surface area contributed by atoms with Crippen molar-refractivity contribution in [2.75, 3.05) is 39.3 Å². The van der Waals surface area contributed by atoms with Gasteiger partial charge < -0.3 is 15.0 Å². The molecule has 2 saturated heterocycles. The van der Waals surface area contributed by atoms with Gasteiger partial charge in [0.25, 0.3) is 0 Å². The largest absolute Gasteiger partial charge is 0.378 e. The van der Waals surface area contributed by atoms with Crippen LogP contribution in [0.15, 0.2) is 0 Å². The van der Waals surface area contributed by atoms with Gasteiger partial charge in [0.2, 0.25) is 0 Å². The minimum absolute atomic E-state index is 0.519. The summed E-state index contributed by atoms with van der Waals surface area (Å²) in [6.45, 7) is 11.8. The fraction of sp³-hybridized carbons (Fsp3) is 1.00. The predicted molar refractivity (Wildman–Crippen MR) is 80.5 cm³/mol. The summed E-state index contributed by atoms with van der Waals surface area (Å²) in [5, 5.41) is 3.38. The fourth-order valence-electron chi connectivity index (χ4n) is 3.17. The van der Waals surface area contributed by atoms with Gasteiger partial charge in [-0.05, 0) is 63.7 Å². The van der Waals surface area contributed by atoms with Crippen molar-refractivity contribution in [2.24, 2.45) is 5.41 Å². The van der Waals surface area contributed by atoms with E-state index in [0.29, 0.717) is 11.5 Å². The number of likely N-dealkylation sites (tertiary alicyclic amines) is 1. The van der Waals surface area contributed by atoms with Crippen LogP contribution in [-0.4, -0.2) is 50.3 Å². The van der Waals surface area contributed by atoms with Gasteiger partial charge in [0.15, 0.2) is 0 Å². The molecule has 0 radical (unpaired) electrons. The van der Waals surface area contributed by atoms with Gasteiger partial charge in [-0.15, -0.1) is 0 Å². The number of nitrogens with zero attached hydrogens (tertiary/aromatic N) is 1. The fourth-order valence-corrected chi connectivity index (χ4v) is 3.17. The Morgan fingerprint density at radius 3 is 2.53 bits per heavy atom. The number of hydrogen-bond donors (Lipinski definition) is 1. The number of rotatable bonds is 6. The van der Waals surface area contributed by atoms with Crippen LogP contribution in [0.25, 0.3) is 0 Å². The van der Waals surface area contributed by atoms with E-state index in [1.807, 2.05) is 0 Å². The molecule has 0 spiro atoms. The zero-order valence-electron chi connectivity index (χ0n) is 12.9. The van der Waals surface area contributed by atoms with Gasteiger partial charge in [0, 0.05) is 13.2 Å². The Kier molecular flexibility index (Phi) is 6.11. The second-order valence-corrected chi connectivity index (χ2v) is 6.68. The van der Waals surface area contributed by atoms with E-state index >= 15 is 0 Å². The highest BCUT2D eigenvalue weighted by molar-refractivity contribution is 4.81. The Hall–Kier alpha value is -0.120. The van der Waals surface area contributed by atoms with Crippen LogP contribution >= 0.6 is 0 Å². The molecule has 2 aliphatic rings. The van der Waals surface area contributed by atoms with Gasteiger partial charge >= 0.3 is 0 Å². The highest BCUT2D eigenvalue weighted by atomic mass is 16.5.